The van der Waals surface area contributed by atoms with Crippen LogP contribution in [0, 0.1) is 0 Å². The van der Waals surface area contributed by atoms with Crippen molar-refractivity contribution >= 4 is 28.0 Å². The summed E-state index contributed by atoms with van der Waals surface area (Å²) in [5.41, 5.74) is 5.11. The lowest BCUT2D eigenvalue weighted by Crippen LogP contribution is -2.01. The minimum atomic E-state index is 0.689. The number of nitrogens with one attached hydrogen (secondary N) is 2. The minimum Gasteiger partial charge on any atom is -0.379 e. The molecular formula is C21H18N4. The van der Waals surface area contributed by atoms with Crippen LogP contribution in [0.25, 0.3) is 10.9 Å². The largest absolute Gasteiger partial charge is 0.379 e. The Labute approximate surface area is 146 Å². The molecular weight excluding hydrogens is 308 g/mol. The van der Waals surface area contributed by atoms with Crippen LogP contribution in [0.4, 0.5) is 17.1 Å². The van der Waals surface area contributed by atoms with Gasteiger partial charge in [0.15, 0.2) is 0 Å². The van der Waals surface area contributed by atoms with Gasteiger partial charge in [-0.1, -0.05) is 24.3 Å². The molecule has 0 atom stereocenters. The molecule has 0 aliphatic carbocycles. The zero-order chi connectivity index (χ0) is 16.9. The summed E-state index contributed by atoms with van der Waals surface area (Å²) >= 11 is 0. The summed E-state index contributed by atoms with van der Waals surface area (Å²) in [5, 5.41) is 7.97. The van der Waals surface area contributed by atoms with E-state index in [4.69, 9.17) is 0 Å². The molecule has 0 saturated heterocycles. The number of hydrogen-bond donors (Lipinski definition) is 2. The number of fused-ring (bicyclic) bond motifs is 1. The molecule has 0 radical (unpaired) electrons. The normalized spacial score (nSPS) is 10.6. The maximum absolute atomic E-state index is 4.46. The van der Waals surface area contributed by atoms with E-state index in [2.05, 4.69) is 38.8 Å². The second-order valence-corrected chi connectivity index (χ2v) is 5.76. The first-order valence-electron chi connectivity index (χ1n) is 8.23. The molecule has 0 bridgehead atoms. The predicted octanol–water partition coefficient (Wildman–Crippen LogP) is 4.99. The number of hydrogen-bond acceptors (Lipinski definition) is 4. The van der Waals surface area contributed by atoms with E-state index in [0.717, 1.165) is 33.7 Å². The van der Waals surface area contributed by atoms with Gasteiger partial charge in [-0.15, -0.1) is 0 Å². The van der Waals surface area contributed by atoms with Crippen molar-refractivity contribution < 1.29 is 0 Å². The lowest BCUT2D eigenvalue weighted by atomic mass is 10.1. The Morgan fingerprint density at radius 1 is 0.720 bits per heavy atom. The van der Waals surface area contributed by atoms with Gasteiger partial charge in [0, 0.05) is 34.8 Å². The van der Waals surface area contributed by atoms with Crippen molar-refractivity contribution in [2.24, 2.45) is 0 Å². The lowest BCUT2D eigenvalue weighted by Gasteiger charge is -2.11. The summed E-state index contributed by atoms with van der Waals surface area (Å²) in [6.45, 7) is 0.689. The highest BCUT2D eigenvalue weighted by atomic mass is 14.9. The number of aromatic nitrogens is 2. The van der Waals surface area contributed by atoms with Crippen molar-refractivity contribution in [2.75, 3.05) is 10.6 Å². The van der Waals surface area contributed by atoms with Crippen LogP contribution in [0.5, 0.6) is 0 Å². The third kappa shape index (κ3) is 3.58. The van der Waals surface area contributed by atoms with Gasteiger partial charge in [-0.05, 0) is 48.5 Å². The van der Waals surface area contributed by atoms with E-state index in [1.54, 1.807) is 0 Å². The van der Waals surface area contributed by atoms with E-state index in [0.29, 0.717) is 6.54 Å². The smallest absolute Gasteiger partial charge is 0.0724 e. The molecule has 25 heavy (non-hydrogen) atoms. The summed E-state index contributed by atoms with van der Waals surface area (Å²) in [5.74, 6) is 0. The average molecular weight is 326 g/mol. The van der Waals surface area contributed by atoms with Gasteiger partial charge >= 0.3 is 0 Å². The Kier molecular flexibility index (Phi) is 4.25. The summed E-state index contributed by atoms with van der Waals surface area (Å²) in [4.78, 5) is 8.81. The van der Waals surface area contributed by atoms with Crippen molar-refractivity contribution in [3.05, 3.63) is 90.9 Å². The quantitative estimate of drug-likeness (QED) is 0.543. The predicted molar refractivity (Wildman–Crippen MR) is 103 cm³/mol. The standard InChI is InChI=1S/C21H18N4/c1-2-6-16(7-3-1)25-21-11-13-23-20-10-9-17(14-19(20)21)24-15-18-8-4-5-12-22-18/h1-14,24H,15H2,(H,23,25). The molecule has 0 fully saturated rings. The van der Waals surface area contributed by atoms with Crippen LogP contribution in [0.3, 0.4) is 0 Å². The molecule has 0 aliphatic rings. The highest BCUT2D eigenvalue weighted by Crippen LogP contribution is 2.27. The Balaban J connectivity index is 1.61. The molecule has 0 aliphatic heterocycles. The summed E-state index contributed by atoms with van der Waals surface area (Å²) in [7, 11) is 0. The van der Waals surface area contributed by atoms with Crippen LogP contribution in [0.2, 0.25) is 0 Å². The maximum atomic E-state index is 4.46. The fourth-order valence-corrected chi connectivity index (χ4v) is 2.74. The molecule has 122 valence electrons. The van der Waals surface area contributed by atoms with E-state index in [-0.39, 0.29) is 0 Å². The van der Waals surface area contributed by atoms with Gasteiger partial charge in [0.25, 0.3) is 0 Å². The van der Waals surface area contributed by atoms with E-state index < -0.39 is 0 Å². The van der Waals surface area contributed by atoms with Gasteiger partial charge in [-0.2, -0.15) is 0 Å². The second-order valence-electron chi connectivity index (χ2n) is 5.76. The highest BCUT2D eigenvalue weighted by Gasteiger charge is 2.04. The van der Waals surface area contributed by atoms with Gasteiger partial charge in [0.2, 0.25) is 0 Å². The van der Waals surface area contributed by atoms with Crippen molar-refractivity contribution in [3.8, 4) is 0 Å². The van der Waals surface area contributed by atoms with E-state index in [1.165, 1.54) is 0 Å². The first-order chi connectivity index (χ1) is 12.4. The topological polar surface area (TPSA) is 49.8 Å². The lowest BCUT2D eigenvalue weighted by molar-refractivity contribution is 1.05. The zero-order valence-corrected chi connectivity index (χ0v) is 13.7. The number of rotatable bonds is 5. The fraction of sp³-hybridized carbons (Fsp3) is 0.0476. The van der Waals surface area contributed by atoms with Crippen molar-refractivity contribution in [1.29, 1.82) is 0 Å². The van der Waals surface area contributed by atoms with Crippen molar-refractivity contribution in [3.63, 3.8) is 0 Å². The molecule has 0 saturated carbocycles. The molecule has 4 heteroatoms. The Morgan fingerprint density at radius 2 is 1.60 bits per heavy atom. The molecule has 4 aromatic rings. The Bertz CT molecular complexity index is 969. The Morgan fingerprint density at radius 3 is 2.44 bits per heavy atom. The van der Waals surface area contributed by atoms with Gasteiger partial charge in [-0.3, -0.25) is 9.97 Å². The summed E-state index contributed by atoms with van der Waals surface area (Å²) in [6.07, 6.45) is 3.64. The van der Waals surface area contributed by atoms with Crippen LogP contribution in [-0.2, 0) is 6.54 Å². The van der Waals surface area contributed by atoms with Crippen LogP contribution < -0.4 is 10.6 Å². The first kappa shape index (κ1) is 15.1. The highest BCUT2D eigenvalue weighted by molar-refractivity contribution is 5.94. The minimum absolute atomic E-state index is 0.689. The summed E-state index contributed by atoms with van der Waals surface area (Å²) < 4.78 is 0. The number of para-hydroxylation sites is 1. The molecule has 2 heterocycles. The van der Waals surface area contributed by atoms with E-state index >= 15 is 0 Å². The van der Waals surface area contributed by atoms with Crippen LogP contribution >= 0.6 is 0 Å². The molecule has 4 nitrogen and oxygen atoms in total. The van der Waals surface area contributed by atoms with E-state index in [9.17, 15) is 0 Å². The molecule has 0 amide bonds. The van der Waals surface area contributed by atoms with Crippen molar-refractivity contribution in [2.45, 2.75) is 6.54 Å². The summed E-state index contributed by atoms with van der Waals surface area (Å²) in [6, 6.07) is 24.3. The molecule has 0 unspecified atom stereocenters. The van der Waals surface area contributed by atoms with Gasteiger partial charge in [0.1, 0.15) is 0 Å². The molecule has 4 rings (SSSR count). The van der Waals surface area contributed by atoms with Crippen LogP contribution in [-0.4, -0.2) is 9.97 Å². The molecule has 2 aromatic heterocycles. The number of benzene rings is 2. The van der Waals surface area contributed by atoms with Crippen LogP contribution in [0.1, 0.15) is 5.69 Å². The molecule has 0 spiro atoms. The average Bonchev–Trinajstić information content (AvgIpc) is 2.68. The van der Waals surface area contributed by atoms with Gasteiger partial charge in [0.05, 0.1) is 17.8 Å². The third-order valence-electron chi connectivity index (χ3n) is 3.99. The first-order valence-corrected chi connectivity index (χ1v) is 8.23. The monoisotopic (exact) mass is 326 g/mol. The second kappa shape index (κ2) is 7.01. The fourth-order valence-electron chi connectivity index (χ4n) is 2.74. The van der Waals surface area contributed by atoms with Gasteiger partial charge in [-0.25, -0.2) is 0 Å². The third-order valence-corrected chi connectivity index (χ3v) is 3.99. The van der Waals surface area contributed by atoms with Crippen molar-refractivity contribution in [1.82, 2.24) is 9.97 Å². The van der Waals surface area contributed by atoms with Gasteiger partial charge < -0.3 is 10.6 Å². The van der Waals surface area contributed by atoms with Crippen LogP contribution in [0.15, 0.2) is 85.2 Å². The Hall–Kier alpha value is -3.40. The number of anilines is 3. The van der Waals surface area contributed by atoms with E-state index in [1.807, 2.05) is 67.0 Å². The molecule has 2 N–H and O–H groups in total. The zero-order valence-electron chi connectivity index (χ0n) is 13.7. The number of pyridine rings is 2. The number of nitrogens with zero attached hydrogens (tertiary/aromatic N) is 2. The molecule has 2 aromatic carbocycles. The maximum Gasteiger partial charge on any atom is 0.0724 e. The SMILES string of the molecule is c1ccc(Nc2ccnc3ccc(NCc4ccccn4)cc23)cc1.